The Labute approximate surface area is 129 Å². The summed E-state index contributed by atoms with van der Waals surface area (Å²) < 4.78 is 29.3. The summed E-state index contributed by atoms with van der Waals surface area (Å²) in [5, 5.41) is 0. The van der Waals surface area contributed by atoms with Crippen molar-refractivity contribution in [2.75, 3.05) is 26.2 Å². The van der Waals surface area contributed by atoms with Crippen LogP contribution < -0.4 is 5.73 Å². The molecule has 6 heteroatoms. The molecular formula is C15H29N3O2S. The first-order valence-electron chi connectivity index (χ1n) is 8.38. The molecule has 21 heavy (non-hydrogen) atoms. The van der Waals surface area contributed by atoms with Gasteiger partial charge in [-0.15, -0.1) is 0 Å². The normalized spacial score (nSPS) is 42.9. The molecule has 122 valence electrons. The lowest BCUT2D eigenvalue weighted by molar-refractivity contribution is 0.211. The largest absolute Gasteiger partial charge is 0.327 e. The maximum absolute atomic E-state index is 12.9. The van der Waals surface area contributed by atoms with Crippen LogP contribution in [0.4, 0.5) is 0 Å². The summed E-state index contributed by atoms with van der Waals surface area (Å²) >= 11 is 0. The van der Waals surface area contributed by atoms with Gasteiger partial charge in [-0.2, -0.15) is 17.0 Å². The van der Waals surface area contributed by atoms with Gasteiger partial charge in [-0.1, -0.05) is 20.3 Å². The highest BCUT2D eigenvalue weighted by Gasteiger charge is 2.45. The Hall–Kier alpha value is -0.170. The minimum absolute atomic E-state index is 0.183. The molecule has 1 saturated carbocycles. The van der Waals surface area contributed by atoms with E-state index in [1.165, 1.54) is 0 Å². The summed E-state index contributed by atoms with van der Waals surface area (Å²) in [5.41, 5.74) is 6.21. The fourth-order valence-electron chi connectivity index (χ4n) is 4.62. The third-order valence-corrected chi connectivity index (χ3v) is 7.51. The van der Waals surface area contributed by atoms with Crippen LogP contribution in [0, 0.1) is 23.7 Å². The highest BCUT2D eigenvalue weighted by molar-refractivity contribution is 7.86. The zero-order valence-electron chi connectivity index (χ0n) is 13.2. The standard InChI is InChI=1S/C15H29N3O2S/c1-11-6-12(2)8-17(7-11)21(19,20)18-9-13-4-3-5-15(16)14(13)10-18/h11-15H,3-10,16H2,1-2H3. The van der Waals surface area contributed by atoms with Gasteiger partial charge in [-0.25, -0.2) is 0 Å². The molecule has 3 rings (SSSR count). The Balaban J connectivity index is 1.73. The summed E-state index contributed by atoms with van der Waals surface area (Å²) in [7, 11) is -3.30. The summed E-state index contributed by atoms with van der Waals surface area (Å²) in [6, 6.07) is 0.183. The number of piperidine rings is 1. The summed E-state index contributed by atoms with van der Waals surface area (Å²) in [5.74, 6) is 1.75. The zero-order valence-corrected chi connectivity index (χ0v) is 14.1. The van der Waals surface area contributed by atoms with Gasteiger partial charge in [0.05, 0.1) is 0 Å². The molecule has 2 aliphatic heterocycles. The number of rotatable bonds is 2. The SMILES string of the molecule is CC1CC(C)CN(S(=O)(=O)N2CC3CCCC(N)C3C2)C1. The van der Waals surface area contributed by atoms with Crippen molar-refractivity contribution >= 4 is 10.2 Å². The van der Waals surface area contributed by atoms with E-state index in [4.69, 9.17) is 5.73 Å². The second-order valence-corrected chi connectivity index (χ2v) is 9.53. The maximum Gasteiger partial charge on any atom is 0.282 e. The molecule has 5 unspecified atom stereocenters. The van der Waals surface area contributed by atoms with Crippen molar-refractivity contribution in [3.8, 4) is 0 Å². The minimum atomic E-state index is -3.30. The molecule has 5 nitrogen and oxygen atoms in total. The summed E-state index contributed by atoms with van der Waals surface area (Å²) in [6.45, 7) is 6.96. The second kappa shape index (κ2) is 5.80. The van der Waals surface area contributed by atoms with Gasteiger partial charge in [-0.3, -0.25) is 0 Å². The second-order valence-electron chi connectivity index (χ2n) is 7.61. The van der Waals surface area contributed by atoms with Crippen LogP contribution >= 0.6 is 0 Å². The molecule has 3 aliphatic rings. The van der Waals surface area contributed by atoms with E-state index in [1.54, 1.807) is 8.61 Å². The van der Waals surface area contributed by atoms with Crippen molar-refractivity contribution in [2.45, 2.75) is 45.6 Å². The van der Waals surface area contributed by atoms with Gasteiger partial charge in [0.25, 0.3) is 10.2 Å². The first-order valence-corrected chi connectivity index (χ1v) is 9.78. The van der Waals surface area contributed by atoms with Crippen molar-refractivity contribution < 1.29 is 8.42 Å². The molecule has 0 aromatic carbocycles. The number of fused-ring (bicyclic) bond motifs is 1. The molecule has 2 N–H and O–H groups in total. The van der Waals surface area contributed by atoms with E-state index in [0.717, 1.165) is 25.7 Å². The lowest BCUT2D eigenvalue weighted by Crippen LogP contribution is -2.49. The number of hydrogen-bond acceptors (Lipinski definition) is 3. The summed E-state index contributed by atoms with van der Waals surface area (Å²) in [4.78, 5) is 0. The Bertz CT molecular complexity index is 471. The van der Waals surface area contributed by atoms with E-state index < -0.39 is 10.2 Å². The van der Waals surface area contributed by atoms with Gasteiger partial charge < -0.3 is 5.73 Å². The van der Waals surface area contributed by atoms with Gasteiger partial charge in [0.2, 0.25) is 0 Å². The van der Waals surface area contributed by atoms with E-state index in [1.807, 2.05) is 0 Å². The van der Waals surface area contributed by atoms with E-state index in [9.17, 15) is 8.42 Å². The first-order chi connectivity index (χ1) is 9.88. The molecule has 0 radical (unpaired) electrons. The molecular weight excluding hydrogens is 286 g/mol. The smallest absolute Gasteiger partial charge is 0.282 e. The van der Waals surface area contributed by atoms with Crippen molar-refractivity contribution in [1.82, 2.24) is 8.61 Å². The maximum atomic E-state index is 12.9. The van der Waals surface area contributed by atoms with E-state index in [2.05, 4.69) is 13.8 Å². The van der Waals surface area contributed by atoms with Crippen molar-refractivity contribution in [1.29, 1.82) is 0 Å². The van der Waals surface area contributed by atoms with Crippen LogP contribution in [0.3, 0.4) is 0 Å². The van der Waals surface area contributed by atoms with E-state index in [0.29, 0.717) is 49.9 Å². The minimum Gasteiger partial charge on any atom is -0.327 e. The van der Waals surface area contributed by atoms with Gasteiger partial charge in [0.15, 0.2) is 0 Å². The molecule has 0 bridgehead atoms. The van der Waals surface area contributed by atoms with Crippen LogP contribution in [0.25, 0.3) is 0 Å². The van der Waals surface area contributed by atoms with Crippen molar-refractivity contribution in [3.05, 3.63) is 0 Å². The molecule has 0 aromatic rings. The third-order valence-electron chi connectivity index (χ3n) is 5.61. The molecule has 5 atom stereocenters. The monoisotopic (exact) mass is 315 g/mol. The Morgan fingerprint density at radius 3 is 2.19 bits per heavy atom. The molecule has 0 aromatic heterocycles. The van der Waals surface area contributed by atoms with Crippen LogP contribution in [0.15, 0.2) is 0 Å². The molecule has 2 saturated heterocycles. The fraction of sp³-hybridized carbons (Fsp3) is 1.00. The highest BCUT2D eigenvalue weighted by Crippen LogP contribution is 2.37. The predicted octanol–water partition coefficient (Wildman–Crippen LogP) is 1.27. The van der Waals surface area contributed by atoms with Gasteiger partial charge in [0.1, 0.15) is 0 Å². The first kappa shape index (κ1) is 15.7. The highest BCUT2D eigenvalue weighted by atomic mass is 32.2. The lowest BCUT2D eigenvalue weighted by Gasteiger charge is -2.36. The lowest BCUT2D eigenvalue weighted by atomic mass is 9.78. The predicted molar refractivity (Wildman–Crippen MR) is 83.8 cm³/mol. The fourth-order valence-corrected chi connectivity index (χ4v) is 6.57. The number of nitrogens with two attached hydrogens (primary N) is 1. The van der Waals surface area contributed by atoms with Crippen molar-refractivity contribution in [3.63, 3.8) is 0 Å². The Kier molecular flexibility index (Phi) is 4.34. The molecule has 1 aliphatic carbocycles. The van der Waals surface area contributed by atoms with Gasteiger partial charge >= 0.3 is 0 Å². The van der Waals surface area contributed by atoms with Crippen LogP contribution in [-0.2, 0) is 10.2 Å². The van der Waals surface area contributed by atoms with E-state index in [-0.39, 0.29) is 6.04 Å². The van der Waals surface area contributed by atoms with Crippen molar-refractivity contribution in [2.24, 2.45) is 29.4 Å². The topological polar surface area (TPSA) is 66.6 Å². The molecule has 0 amide bonds. The molecule has 0 spiro atoms. The van der Waals surface area contributed by atoms with Crippen LogP contribution in [0.2, 0.25) is 0 Å². The average molecular weight is 315 g/mol. The average Bonchev–Trinajstić information content (AvgIpc) is 2.83. The Morgan fingerprint density at radius 2 is 1.57 bits per heavy atom. The Morgan fingerprint density at radius 1 is 0.952 bits per heavy atom. The van der Waals surface area contributed by atoms with E-state index >= 15 is 0 Å². The number of nitrogens with zero attached hydrogens (tertiary/aromatic N) is 2. The van der Waals surface area contributed by atoms with Crippen LogP contribution in [0.5, 0.6) is 0 Å². The van der Waals surface area contributed by atoms with Gasteiger partial charge in [-0.05, 0) is 42.9 Å². The van der Waals surface area contributed by atoms with Crippen LogP contribution in [0.1, 0.15) is 39.5 Å². The van der Waals surface area contributed by atoms with Crippen LogP contribution in [-0.4, -0.2) is 49.2 Å². The summed E-state index contributed by atoms with van der Waals surface area (Å²) in [6.07, 6.45) is 4.46. The third kappa shape index (κ3) is 3.00. The quantitative estimate of drug-likeness (QED) is 0.834. The zero-order chi connectivity index (χ0) is 15.2. The number of hydrogen-bond donors (Lipinski definition) is 1. The molecule has 2 heterocycles. The molecule has 3 fully saturated rings. The van der Waals surface area contributed by atoms with Gasteiger partial charge in [0, 0.05) is 32.2 Å².